The molecule has 3 N–H and O–H groups in total. The number of hydrogen-bond donors (Lipinski definition) is 3. The van der Waals surface area contributed by atoms with E-state index in [-0.39, 0.29) is 26.0 Å². The molecule has 136 valence electrons. The Balaban J connectivity index is 1.89. The molecular weight excluding hydrogens is 338 g/mol. The minimum atomic E-state index is -1.07. The van der Waals surface area contributed by atoms with Crippen LogP contribution in [0.1, 0.15) is 18.4 Å². The van der Waals surface area contributed by atoms with Crippen molar-refractivity contribution < 1.29 is 23.9 Å². The lowest BCUT2D eigenvalue weighted by molar-refractivity contribution is -0.141. The van der Waals surface area contributed by atoms with Crippen molar-refractivity contribution in [2.45, 2.75) is 31.5 Å². The molecule has 1 fully saturated rings. The Kier molecular flexibility index (Phi) is 6.74. The first-order chi connectivity index (χ1) is 12.5. The van der Waals surface area contributed by atoms with Gasteiger partial charge in [-0.3, -0.25) is 14.4 Å². The maximum atomic E-state index is 12.3. The van der Waals surface area contributed by atoms with Crippen molar-refractivity contribution in [1.82, 2.24) is 16.0 Å². The lowest BCUT2D eigenvalue weighted by Gasteiger charge is -2.24. The maximum Gasteiger partial charge on any atom is 0.408 e. The van der Waals surface area contributed by atoms with Crippen LogP contribution < -0.4 is 16.0 Å². The van der Waals surface area contributed by atoms with Gasteiger partial charge in [0, 0.05) is 13.0 Å². The molecule has 0 bridgehead atoms. The zero-order valence-electron chi connectivity index (χ0n) is 14.0. The molecule has 0 aliphatic carbocycles. The number of alkyl carbamates (subject to hydrolysis) is 1. The highest BCUT2D eigenvalue weighted by Crippen LogP contribution is 2.04. The number of piperidine rings is 1. The highest BCUT2D eigenvalue weighted by atomic mass is 16.5. The molecule has 1 aliphatic heterocycles. The number of ketones is 1. The molecule has 1 aromatic carbocycles. The van der Waals surface area contributed by atoms with E-state index in [0.29, 0.717) is 0 Å². The summed E-state index contributed by atoms with van der Waals surface area (Å²) in [6.07, 6.45) is 4.62. The van der Waals surface area contributed by atoms with E-state index in [9.17, 15) is 19.2 Å². The average molecular weight is 357 g/mol. The quantitative estimate of drug-likeness (QED) is 0.485. The molecule has 2 atom stereocenters. The molecule has 0 aromatic heterocycles. The first kappa shape index (κ1) is 19.0. The standard InChI is InChI=1S/C18H19N3O5/c1-2-6-14(16(23)20-13-9-10-19-17(24)15(13)22)21-18(25)26-11-12-7-4-3-5-8-12/h1,3-5,7-8,13-14H,6,9-11H2,(H,19,24)(H,20,23)(H,21,25). The largest absolute Gasteiger partial charge is 0.445 e. The molecule has 3 amide bonds. The normalized spacial score (nSPS) is 17.4. The van der Waals surface area contributed by atoms with Crippen LogP contribution in [-0.4, -0.2) is 42.3 Å². The number of carbonyl (C=O) groups is 4. The maximum absolute atomic E-state index is 12.3. The van der Waals surface area contributed by atoms with Crippen LogP contribution in [0.25, 0.3) is 0 Å². The molecule has 8 nitrogen and oxygen atoms in total. The van der Waals surface area contributed by atoms with Crippen LogP contribution in [0.2, 0.25) is 0 Å². The van der Waals surface area contributed by atoms with Gasteiger partial charge in [-0.05, 0) is 12.0 Å². The predicted octanol–water partition coefficient (Wildman–Crippen LogP) is -0.122. The molecule has 26 heavy (non-hydrogen) atoms. The number of rotatable bonds is 6. The number of carbonyl (C=O) groups excluding carboxylic acids is 4. The third-order valence-electron chi connectivity index (χ3n) is 3.72. The summed E-state index contributed by atoms with van der Waals surface area (Å²) >= 11 is 0. The average Bonchev–Trinajstić information content (AvgIpc) is 2.64. The van der Waals surface area contributed by atoms with Crippen molar-refractivity contribution in [3.8, 4) is 12.3 Å². The number of benzene rings is 1. The van der Waals surface area contributed by atoms with E-state index < -0.39 is 35.8 Å². The number of terminal acetylenes is 1. The Labute approximate surface area is 150 Å². The molecule has 0 spiro atoms. The van der Waals surface area contributed by atoms with E-state index in [0.717, 1.165) is 5.56 Å². The first-order valence-electron chi connectivity index (χ1n) is 8.04. The summed E-state index contributed by atoms with van der Waals surface area (Å²) in [5.74, 6) is 0.173. The van der Waals surface area contributed by atoms with E-state index in [1.54, 1.807) is 12.1 Å². The molecule has 8 heteroatoms. The van der Waals surface area contributed by atoms with Gasteiger partial charge in [0.25, 0.3) is 5.91 Å². The third-order valence-corrected chi connectivity index (χ3v) is 3.72. The van der Waals surface area contributed by atoms with E-state index in [4.69, 9.17) is 11.2 Å². The fourth-order valence-electron chi connectivity index (χ4n) is 2.35. The lowest BCUT2D eigenvalue weighted by atomic mass is 10.0. The first-order valence-corrected chi connectivity index (χ1v) is 8.04. The van der Waals surface area contributed by atoms with Gasteiger partial charge in [-0.15, -0.1) is 12.3 Å². The monoisotopic (exact) mass is 357 g/mol. The number of hydrogen-bond acceptors (Lipinski definition) is 5. The van der Waals surface area contributed by atoms with Crippen molar-refractivity contribution >= 4 is 23.7 Å². The molecule has 1 saturated heterocycles. The van der Waals surface area contributed by atoms with E-state index in [1.165, 1.54) is 0 Å². The minimum Gasteiger partial charge on any atom is -0.445 e. The van der Waals surface area contributed by atoms with E-state index in [2.05, 4.69) is 21.9 Å². The summed E-state index contributed by atoms with van der Waals surface area (Å²) in [4.78, 5) is 47.3. The molecule has 1 aliphatic rings. The second kappa shape index (κ2) is 9.22. The zero-order chi connectivity index (χ0) is 18.9. The summed E-state index contributed by atoms with van der Waals surface area (Å²) in [5, 5.41) is 7.22. The number of ether oxygens (including phenoxy) is 1. The number of Topliss-reactive ketones (excluding diaryl/α,β-unsaturated/α-hetero) is 1. The van der Waals surface area contributed by atoms with Crippen LogP contribution in [0.15, 0.2) is 30.3 Å². The van der Waals surface area contributed by atoms with Crippen molar-refractivity contribution in [2.75, 3.05) is 6.54 Å². The van der Waals surface area contributed by atoms with Crippen molar-refractivity contribution in [1.29, 1.82) is 0 Å². The summed E-state index contributed by atoms with van der Waals surface area (Å²) in [5.41, 5.74) is 0.791. The van der Waals surface area contributed by atoms with Gasteiger partial charge in [0.05, 0.1) is 6.04 Å². The van der Waals surface area contributed by atoms with Crippen molar-refractivity contribution in [2.24, 2.45) is 0 Å². The summed E-state index contributed by atoms with van der Waals surface area (Å²) in [7, 11) is 0. The molecule has 0 radical (unpaired) electrons. The van der Waals surface area contributed by atoms with E-state index in [1.807, 2.05) is 18.2 Å². The van der Waals surface area contributed by atoms with Crippen molar-refractivity contribution in [3.63, 3.8) is 0 Å². The molecule has 1 aromatic rings. The Morgan fingerprint density at radius 2 is 2.04 bits per heavy atom. The second-order valence-corrected chi connectivity index (χ2v) is 5.64. The molecule has 2 unspecified atom stereocenters. The number of amides is 3. The van der Waals surface area contributed by atoms with Gasteiger partial charge in [-0.2, -0.15) is 0 Å². The summed E-state index contributed by atoms with van der Waals surface area (Å²) in [6.45, 7) is 0.320. The Morgan fingerprint density at radius 3 is 2.73 bits per heavy atom. The molecule has 2 rings (SSSR count). The van der Waals surface area contributed by atoms with Gasteiger partial charge in [-0.25, -0.2) is 4.79 Å². The highest BCUT2D eigenvalue weighted by Gasteiger charge is 2.32. The smallest absolute Gasteiger partial charge is 0.408 e. The van der Waals surface area contributed by atoms with Gasteiger partial charge < -0.3 is 20.7 Å². The van der Waals surface area contributed by atoms with Gasteiger partial charge >= 0.3 is 6.09 Å². The molecular formula is C18H19N3O5. The number of nitrogens with one attached hydrogen (secondary N) is 3. The Bertz CT molecular complexity index is 726. The Morgan fingerprint density at radius 1 is 1.31 bits per heavy atom. The molecule has 1 heterocycles. The Hall–Kier alpha value is -3.34. The molecule has 0 saturated carbocycles. The fraction of sp³-hybridized carbons (Fsp3) is 0.333. The van der Waals surface area contributed by atoms with Gasteiger partial charge in [0.2, 0.25) is 11.7 Å². The lowest BCUT2D eigenvalue weighted by Crippen LogP contribution is -2.57. The highest BCUT2D eigenvalue weighted by molar-refractivity contribution is 6.39. The van der Waals surface area contributed by atoms with Crippen LogP contribution in [0, 0.1) is 12.3 Å². The third kappa shape index (κ3) is 5.34. The van der Waals surface area contributed by atoms with Gasteiger partial charge in [0.15, 0.2) is 0 Å². The van der Waals surface area contributed by atoms with Crippen LogP contribution >= 0.6 is 0 Å². The van der Waals surface area contributed by atoms with Gasteiger partial charge in [0.1, 0.15) is 12.6 Å². The summed E-state index contributed by atoms with van der Waals surface area (Å²) in [6, 6.07) is 7.03. The van der Waals surface area contributed by atoms with Crippen LogP contribution in [-0.2, 0) is 25.7 Å². The van der Waals surface area contributed by atoms with Gasteiger partial charge in [-0.1, -0.05) is 30.3 Å². The fourth-order valence-corrected chi connectivity index (χ4v) is 2.35. The zero-order valence-corrected chi connectivity index (χ0v) is 14.0. The van der Waals surface area contributed by atoms with Crippen LogP contribution in [0.3, 0.4) is 0 Å². The second-order valence-electron chi connectivity index (χ2n) is 5.64. The minimum absolute atomic E-state index is 0.0400. The van der Waals surface area contributed by atoms with Crippen LogP contribution in [0.4, 0.5) is 4.79 Å². The van der Waals surface area contributed by atoms with Crippen LogP contribution in [0.5, 0.6) is 0 Å². The van der Waals surface area contributed by atoms with E-state index >= 15 is 0 Å². The predicted molar refractivity (Wildman–Crippen MR) is 91.6 cm³/mol. The van der Waals surface area contributed by atoms with Crippen molar-refractivity contribution in [3.05, 3.63) is 35.9 Å². The summed E-state index contributed by atoms with van der Waals surface area (Å²) < 4.78 is 5.05. The SMILES string of the molecule is C#CCC(NC(=O)OCc1ccccc1)C(=O)NC1CCNC(=O)C1=O. The topological polar surface area (TPSA) is 114 Å².